The number of rotatable bonds is 7. The standard InChI is InChI=1S/C19H29N3O5S/c1-5-27-15-9-8-14(21-17(23)13-20-18(24)19(2,3)4)12-16(15)28(25,26)22-10-6-7-11-22/h8-9,12H,5-7,10-11,13H2,1-4H3,(H,20,24)(H,21,23). The van der Waals surface area contributed by atoms with Crippen molar-refractivity contribution in [1.29, 1.82) is 0 Å². The molecule has 0 radical (unpaired) electrons. The zero-order chi connectivity index (χ0) is 20.9. The molecule has 1 saturated heterocycles. The van der Waals surface area contributed by atoms with Gasteiger partial charge in [-0.2, -0.15) is 4.31 Å². The molecule has 8 nitrogen and oxygen atoms in total. The van der Waals surface area contributed by atoms with Crippen LogP contribution in [0.5, 0.6) is 5.75 Å². The molecule has 2 amide bonds. The molecule has 1 aromatic rings. The van der Waals surface area contributed by atoms with Crippen molar-refractivity contribution < 1.29 is 22.7 Å². The van der Waals surface area contributed by atoms with Crippen molar-refractivity contribution >= 4 is 27.5 Å². The Labute approximate surface area is 166 Å². The number of hydrogen-bond donors (Lipinski definition) is 2. The van der Waals surface area contributed by atoms with Crippen LogP contribution in [0.25, 0.3) is 0 Å². The fourth-order valence-electron chi connectivity index (χ4n) is 2.76. The topological polar surface area (TPSA) is 105 Å². The van der Waals surface area contributed by atoms with Crippen LogP contribution in [-0.4, -0.2) is 50.8 Å². The first kappa shape index (κ1) is 22.2. The molecule has 1 aliphatic heterocycles. The summed E-state index contributed by atoms with van der Waals surface area (Å²) in [6.07, 6.45) is 1.65. The van der Waals surface area contributed by atoms with Crippen LogP contribution in [0.3, 0.4) is 0 Å². The highest BCUT2D eigenvalue weighted by molar-refractivity contribution is 7.89. The Kier molecular flexibility index (Phi) is 7.06. The van der Waals surface area contributed by atoms with Crippen LogP contribution in [-0.2, 0) is 19.6 Å². The molecule has 1 aromatic carbocycles. The second-order valence-electron chi connectivity index (χ2n) is 7.69. The van der Waals surface area contributed by atoms with E-state index in [0.29, 0.717) is 25.4 Å². The molecule has 1 aliphatic rings. The average Bonchev–Trinajstić information content (AvgIpc) is 3.15. The summed E-state index contributed by atoms with van der Waals surface area (Å²) in [6, 6.07) is 4.52. The lowest BCUT2D eigenvalue weighted by molar-refractivity contribution is -0.130. The minimum atomic E-state index is -3.71. The highest BCUT2D eigenvalue weighted by Gasteiger charge is 2.30. The molecular formula is C19H29N3O5S. The molecule has 2 rings (SSSR count). The van der Waals surface area contributed by atoms with Gasteiger partial charge in [0.25, 0.3) is 0 Å². The van der Waals surface area contributed by atoms with Crippen molar-refractivity contribution in [2.24, 2.45) is 5.41 Å². The van der Waals surface area contributed by atoms with E-state index in [-0.39, 0.29) is 23.1 Å². The van der Waals surface area contributed by atoms with Gasteiger partial charge < -0.3 is 15.4 Å². The molecule has 28 heavy (non-hydrogen) atoms. The van der Waals surface area contributed by atoms with E-state index in [1.165, 1.54) is 16.4 Å². The van der Waals surface area contributed by atoms with E-state index >= 15 is 0 Å². The maximum Gasteiger partial charge on any atom is 0.246 e. The number of nitrogens with one attached hydrogen (secondary N) is 2. The van der Waals surface area contributed by atoms with Gasteiger partial charge >= 0.3 is 0 Å². The first-order valence-corrected chi connectivity index (χ1v) is 10.8. The molecule has 0 bridgehead atoms. The monoisotopic (exact) mass is 411 g/mol. The Morgan fingerprint density at radius 3 is 2.39 bits per heavy atom. The minimum absolute atomic E-state index is 0.0350. The molecule has 156 valence electrons. The Balaban J connectivity index is 2.18. The molecule has 0 saturated carbocycles. The lowest BCUT2D eigenvalue weighted by Crippen LogP contribution is -2.39. The third-order valence-electron chi connectivity index (χ3n) is 4.30. The molecule has 0 atom stereocenters. The van der Waals surface area contributed by atoms with Gasteiger partial charge in [-0.3, -0.25) is 9.59 Å². The van der Waals surface area contributed by atoms with Gasteiger partial charge in [-0.25, -0.2) is 8.42 Å². The van der Waals surface area contributed by atoms with E-state index in [2.05, 4.69) is 10.6 Å². The number of anilines is 1. The van der Waals surface area contributed by atoms with E-state index in [1.54, 1.807) is 33.8 Å². The normalized spacial score (nSPS) is 15.3. The second-order valence-corrected chi connectivity index (χ2v) is 9.59. The van der Waals surface area contributed by atoms with Crippen LogP contribution in [0.2, 0.25) is 0 Å². The van der Waals surface area contributed by atoms with Gasteiger partial charge in [0.05, 0.1) is 13.2 Å². The van der Waals surface area contributed by atoms with Crippen molar-refractivity contribution in [2.45, 2.75) is 45.4 Å². The minimum Gasteiger partial charge on any atom is -0.492 e. The molecule has 0 unspecified atom stereocenters. The number of carbonyl (C=O) groups excluding carboxylic acids is 2. The Morgan fingerprint density at radius 1 is 1.18 bits per heavy atom. The Bertz CT molecular complexity index is 824. The van der Waals surface area contributed by atoms with Gasteiger partial charge in [-0.15, -0.1) is 0 Å². The molecule has 9 heteroatoms. The van der Waals surface area contributed by atoms with E-state index in [9.17, 15) is 18.0 Å². The van der Waals surface area contributed by atoms with Crippen molar-refractivity contribution in [2.75, 3.05) is 31.6 Å². The lowest BCUT2D eigenvalue weighted by Gasteiger charge is -2.19. The van der Waals surface area contributed by atoms with Gasteiger partial charge in [0, 0.05) is 24.2 Å². The third-order valence-corrected chi connectivity index (χ3v) is 6.22. The summed E-state index contributed by atoms with van der Waals surface area (Å²) in [5.41, 5.74) is -0.271. The van der Waals surface area contributed by atoms with E-state index in [1.807, 2.05) is 0 Å². The van der Waals surface area contributed by atoms with Gasteiger partial charge in [-0.1, -0.05) is 20.8 Å². The molecule has 1 fully saturated rings. The highest BCUT2D eigenvalue weighted by atomic mass is 32.2. The number of nitrogens with zero attached hydrogens (tertiary/aromatic N) is 1. The van der Waals surface area contributed by atoms with E-state index in [4.69, 9.17) is 4.74 Å². The first-order valence-electron chi connectivity index (χ1n) is 9.41. The van der Waals surface area contributed by atoms with Crippen LogP contribution in [0, 0.1) is 5.41 Å². The first-order chi connectivity index (χ1) is 13.1. The molecule has 0 aliphatic carbocycles. The second kappa shape index (κ2) is 8.91. The van der Waals surface area contributed by atoms with E-state index in [0.717, 1.165) is 12.8 Å². The molecule has 0 spiro atoms. The molecular weight excluding hydrogens is 382 g/mol. The quantitative estimate of drug-likeness (QED) is 0.714. The maximum atomic E-state index is 13.0. The average molecular weight is 412 g/mol. The predicted octanol–water partition coefficient (Wildman–Crippen LogP) is 1.97. The summed E-state index contributed by atoms with van der Waals surface area (Å²) in [5, 5.41) is 5.19. The number of hydrogen-bond acceptors (Lipinski definition) is 5. The van der Waals surface area contributed by atoms with Gasteiger partial charge in [0.1, 0.15) is 10.6 Å². The lowest BCUT2D eigenvalue weighted by atomic mass is 9.96. The fourth-order valence-corrected chi connectivity index (χ4v) is 4.43. The van der Waals surface area contributed by atoms with E-state index < -0.39 is 21.3 Å². The van der Waals surface area contributed by atoms with Crippen LogP contribution in [0.4, 0.5) is 5.69 Å². The fraction of sp³-hybridized carbons (Fsp3) is 0.579. The number of ether oxygens (including phenoxy) is 1. The summed E-state index contributed by atoms with van der Waals surface area (Å²) in [5.74, 6) is -0.425. The van der Waals surface area contributed by atoms with Crippen molar-refractivity contribution in [1.82, 2.24) is 9.62 Å². The maximum absolute atomic E-state index is 13.0. The summed E-state index contributed by atoms with van der Waals surface area (Å²) in [4.78, 5) is 24.1. The summed E-state index contributed by atoms with van der Waals surface area (Å²) < 4.78 is 32.9. The van der Waals surface area contributed by atoms with Crippen LogP contribution < -0.4 is 15.4 Å². The molecule has 2 N–H and O–H groups in total. The Morgan fingerprint density at radius 2 is 1.82 bits per heavy atom. The number of amides is 2. The zero-order valence-electron chi connectivity index (χ0n) is 16.9. The predicted molar refractivity (Wildman–Crippen MR) is 107 cm³/mol. The van der Waals surface area contributed by atoms with Crippen LogP contribution in [0.1, 0.15) is 40.5 Å². The number of carbonyl (C=O) groups is 2. The number of benzene rings is 1. The Hall–Kier alpha value is -2.13. The smallest absolute Gasteiger partial charge is 0.246 e. The molecule has 1 heterocycles. The van der Waals surface area contributed by atoms with Crippen LogP contribution in [0.15, 0.2) is 23.1 Å². The largest absolute Gasteiger partial charge is 0.492 e. The highest BCUT2D eigenvalue weighted by Crippen LogP contribution is 2.31. The van der Waals surface area contributed by atoms with Gasteiger partial charge in [0.15, 0.2) is 0 Å². The SMILES string of the molecule is CCOc1ccc(NC(=O)CNC(=O)C(C)(C)C)cc1S(=O)(=O)N1CCCC1. The summed E-state index contributed by atoms with van der Waals surface area (Å²) >= 11 is 0. The zero-order valence-corrected chi connectivity index (χ0v) is 17.7. The number of sulfonamides is 1. The van der Waals surface area contributed by atoms with Crippen molar-refractivity contribution in [3.8, 4) is 5.75 Å². The van der Waals surface area contributed by atoms with Crippen molar-refractivity contribution in [3.05, 3.63) is 18.2 Å². The van der Waals surface area contributed by atoms with Gasteiger partial charge in [0.2, 0.25) is 21.8 Å². The summed E-state index contributed by atoms with van der Waals surface area (Å²) in [7, 11) is -3.71. The van der Waals surface area contributed by atoms with Crippen LogP contribution >= 0.6 is 0 Å². The molecule has 0 aromatic heterocycles. The van der Waals surface area contributed by atoms with Gasteiger partial charge in [-0.05, 0) is 38.0 Å². The third kappa shape index (κ3) is 5.45. The summed E-state index contributed by atoms with van der Waals surface area (Å²) in [6.45, 7) is 8.11. The van der Waals surface area contributed by atoms with Crippen molar-refractivity contribution in [3.63, 3.8) is 0 Å².